The Kier molecular flexibility index (Phi) is 3.94. The van der Waals surface area contributed by atoms with Gasteiger partial charge in [-0.25, -0.2) is 0 Å². The maximum atomic E-state index is 11.6. The molecule has 1 fully saturated rings. The monoisotopic (exact) mass is 214 g/mol. The Morgan fingerprint density at radius 2 is 2.21 bits per heavy atom. The molecule has 0 radical (unpaired) electrons. The summed E-state index contributed by atoms with van der Waals surface area (Å²) in [6, 6.07) is 0. The van der Waals surface area contributed by atoms with Gasteiger partial charge in [-0.2, -0.15) is 10.5 Å². The van der Waals surface area contributed by atoms with E-state index < -0.39 is 0 Å². The van der Waals surface area contributed by atoms with Gasteiger partial charge in [0.1, 0.15) is 5.78 Å². The maximum absolute atomic E-state index is 11.6. The molecule has 2 unspecified atom stereocenters. The van der Waals surface area contributed by atoms with Gasteiger partial charge in [0, 0.05) is 12.2 Å². The van der Waals surface area contributed by atoms with E-state index >= 15 is 0 Å². The molecule has 82 valence electrons. The zero-order valence-corrected chi connectivity index (χ0v) is 10.6. The zero-order valence-electron chi connectivity index (χ0n) is 9.80. The number of carbonyl (C=O) groups excluding carboxylic acids is 1. The number of ketones is 1. The Bertz CT molecular complexity index is 255. The summed E-state index contributed by atoms with van der Waals surface area (Å²) in [6.45, 7) is 8.88. The van der Waals surface area contributed by atoms with E-state index in [2.05, 4.69) is 33.1 Å². The molecule has 0 bridgehead atoms. The largest absolute Gasteiger partial charge is 0.299 e. The van der Waals surface area contributed by atoms with Crippen LogP contribution >= 0.6 is 10.5 Å². The summed E-state index contributed by atoms with van der Waals surface area (Å²) in [6.07, 6.45) is 2.00. The van der Waals surface area contributed by atoms with Crippen molar-refractivity contribution in [2.45, 2.75) is 40.5 Å². The second kappa shape index (κ2) is 4.61. The van der Waals surface area contributed by atoms with Crippen molar-refractivity contribution in [3.8, 4) is 0 Å². The van der Waals surface area contributed by atoms with Crippen LogP contribution in [0.4, 0.5) is 0 Å². The molecule has 1 aliphatic rings. The van der Waals surface area contributed by atoms with Gasteiger partial charge in [-0.3, -0.25) is 4.79 Å². The molecule has 0 N–H and O–H groups in total. The van der Waals surface area contributed by atoms with Crippen LogP contribution < -0.4 is 0 Å². The van der Waals surface area contributed by atoms with E-state index in [0.29, 0.717) is 11.7 Å². The van der Waals surface area contributed by atoms with Crippen LogP contribution in [0.3, 0.4) is 0 Å². The second-order valence-corrected chi connectivity index (χ2v) is 7.31. The predicted molar refractivity (Wildman–Crippen MR) is 66.2 cm³/mol. The zero-order chi connectivity index (χ0) is 10.8. The van der Waals surface area contributed by atoms with Crippen LogP contribution in [0.5, 0.6) is 0 Å². The highest BCUT2D eigenvalue weighted by atomic mass is 32.2. The molecule has 2 atom stereocenters. The number of rotatable bonds is 2. The molecule has 0 aromatic heterocycles. The third kappa shape index (κ3) is 3.23. The molecular formula is C12H22OS. The molecule has 0 aliphatic carbocycles. The number of carbonyl (C=O) groups is 1. The smallest absolute Gasteiger partial charge is 0.142 e. The van der Waals surface area contributed by atoms with Gasteiger partial charge in [0.15, 0.2) is 0 Å². The minimum Gasteiger partial charge on any atom is -0.299 e. The highest BCUT2D eigenvalue weighted by Crippen LogP contribution is 2.40. The van der Waals surface area contributed by atoms with Crippen LogP contribution in [0, 0.1) is 11.3 Å². The summed E-state index contributed by atoms with van der Waals surface area (Å²) < 4.78 is 0. The lowest BCUT2D eigenvalue weighted by Gasteiger charge is -2.36. The van der Waals surface area contributed by atoms with Crippen LogP contribution in [-0.2, 0) is 4.79 Å². The van der Waals surface area contributed by atoms with E-state index in [-0.39, 0.29) is 15.9 Å². The van der Waals surface area contributed by atoms with Gasteiger partial charge in [-0.1, -0.05) is 26.1 Å². The second-order valence-electron chi connectivity index (χ2n) is 5.19. The molecule has 1 heterocycles. The molecular weight excluding hydrogens is 192 g/mol. The summed E-state index contributed by atoms with van der Waals surface area (Å²) in [5.41, 5.74) is 0.277. The van der Waals surface area contributed by atoms with Gasteiger partial charge in [0.05, 0.1) is 0 Å². The molecule has 1 rings (SSSR count). The molecule has 2 heteroatoms. The lowest BCUT2D eigenvalue weighted by Crippen LogP contribution is -2.32. The molecule has 1 aliphatic heterocycles. The Labute approximate surface area is 90.2 Å². The normalized spacial score (nSPS) is 34.1. The van der Waals surface area contributed by atoms with Gasteiger partial charge in [-0.05, 0) is 30.4 Å². The van der Waals surface area contributed by atoms with Crippen LogP contribution in [-0.4, -0.2) is 22.7 Å². The minimum absolute atomic E-state index is 0.258. The van der Waals surface area contributed by atoms with Crippen molar-refractivity contribution in [1.82, 2.24) is 0 Å². The first-order valence-corrected chi connectivity index (χ1v) is 7.05. The van der Waals surface area contributed by atoms with Crippen molar-refractivity contribution in [2.24, 2.45) is 11.3 Å². The molecule has 0 aromatic rings. The third-order valence-electron chi connectivity index (χ3n) is 2.74. The lowest BCUT2D eigenvalue weighted by atomic mass is 9.79. The highest BCUT2D eigenvalue weighted by Gasteiger charge is 2.33. The Hall–Kier alpha value is -0.110. The molecule has 0 amide bonds. The summed E-state index contributed by atoms with van der Waals surface area (Å²) in [4.78, 5) is 11.6. The average Bonchev–Trinajstić information content (AvgIpc) is 1.99. The first kappa shape index (κ1) is 12.0. The Morgan fingerprint density at radius 1 is 1.57 bits per heavy atom. The number of Topliss-reactive ketones (excluding diaryl/α,β-unsaturated/α-hetero) is 1. The number of hydrogen-bond acceptors (Lipinski definition) is 1. The van der Waals surface area contributed by atoms with E-state index in [1.54, 1.807) is 0 Å². The fourth-order valence-electron chi connectivity index (χ4n) is 2.57. The summed E-state index contributed by atoms with van der Waals surface area (Å²) in [5, 5.41) is 2.23. The van der Waals surface area contributed by atoms with Crippen molar-refractivity contribution in [2.75, 3.05) is 11.5 Å². The molecule has 0 saturated carbocycles. The first-order chi connectivity index (χ1) is 6.45. The Morgan fingerprint density at radius 3 is 2.71 bits per heavy atom. The summed E-state index contributed by atoms with van der Waals surface area (Å²) >= 11 is 0. The van der Waals surface area contributed by atoms with E-state index in [1.165, 1.54) is 12.2 Å². The van der Waals surface area contributed by atoms with E-state index in [0.717, 1.165) is 12.2 Å². The van der Waals surface area contributed by atoms with Crippen LogP contribution in [0.2, 0.25) is 0 Å². The van der Waals surface area contributed by atoms with Crippen LogP contribution in [0.15, 0.2) is 0 Å². The topological polar surface area (TPSA) is 17.1 Å². The Balaban J connectivity index is 2.73. The van der Waals surface area contributed by atoms with E-state index in [4.69, 9.17) is 0 Å². The maximum Gasteiger partial charge on any atom is 0.142 e. The number of hydrogen-bond donors (Lipinski definition) is 0. The molecule has 0 aromatic carbocycles. The van der Waals surface area contributed by atoms with E-state index in [9.17, 15) is 4.79 Å². The standard InChI is InChI=1S/C12H22OS/c1-5-14-8-11(13)7-12(4,9-14)6-10(2)3/h5,10H,6-9H2,1-4H3. The van der Waals surface area contributed by atoms with Crippen LogP contribution in [0.25, 0.3) is 0 Å². The lowest BCUT2D eigenvalue weighted by molar-refractivity contribution is -0.118. The van der Waals surface area contributed by atoms with Crippen molar-refractivity contribution < 1.29 is 4.79 Å². The van der Waals surface area contributed by atoms with Crippen LogP contribution in [0.1, 0.15) is 40.5 Å². The molecule has 1 saturated heterocycles. The fourth-order valence-corrected chi connectivity index (χ4v) is 4.63. The highest BCUT2D eigenvalue weighted by molar-refractivity contribution is 8.15. The van der Waals surface area contributed by atoms with E-state index in [1.807, 2.05) is 0 Å². The van der Waals surface area contributed by atoms with Gasteiger partial charge in [0.2, 0.25) is 0 Å². The minimum atomic E-state index is 0.258. The van der Waals surface area contributed by atoms with Gasteiger partial charge >= 0.3 is 0 Å². The molecule has 1 nitrogen and oxygen atoms in total. The van der Waals surface area contributed by atoms with Gasteiger partial charge < -0.3 is 0 Å². The van der Waals surface area contributed by atoms with Gasteiger partial charge in [-0.15, -0.1) is 0 Å². The third-order valence-corrected chi connectivity index (χ3v) is 5.17. The van der Waals surface area contributed by atoms with Crippen molar-refractivity contribution in [1.29, 1.82) is 0 Å². The quantitative estimate of drug-likeness (QED) is 0.646. The predicted octanol–water partition coefficient (Wildman–Crippen LogP) is 3.10. The SMILES string of the molecule is C/C=S1/CC(=O)CC(C)(CC(C)C)C1. The van der Waals surface area contributed by atoms with Crippen molar-refractivity contribution >= 4 is 21.6 Å². The molecule has 0 spiro atoms. The fraction of sp³-hybridized carbons (Fsp3) is 0.833. The molecule has 14 heavy (non-hydrogen) atoms. The first-order valence-electron chi connectivity index (χ1n) is 5.43. The van der Waals surface area contributed by atoms with Gasteiger partial charge in [0.25, 0.3) is 0 Å². The average molecular weight is 214 g/mol. The summed E-state index contributed by atoms with van der Waals surface area (Å²) in [5.74, 6) is 3.21. The summed E-state index contributed by atoms with van der Waals surface area (Å²) in [7, 11) is 0.258. The van der Waals surface area contributed by atoms with Crippen molar-refractivity contribution in [3.05, 3.63) is 0 Å². The van der Waals surface area contributed by atoms with Crippen molar-refractivity contribution in [3.63, 3.8) is 0 Å².